The van der Waals surface area contributed by atoms with Crippen molar-refractivity contribution < 1.29 is 9.59 Å². The van der Waals surface area contributed by atoms with E-state index in [-0.39, 0.29) is 11.2 Å². The third-order valence-electron chi connectivity index (χ3n) is 5.71. The van der Waals surface area contributed by atoms with E-state index in [1.807, 2.05) is 31.2 Å². The number of H-pyrrole nitrogens is 1. The molecule has 0 saturated heterocycles. The molecule has 0 radical (unpaired) electrons. The fraction of sp³-hybridized carbons (Fsp3) is 0.103. The second kappa shape index (κ2) is 17.2. The van der Waals surface area contributed by atoms with E-state index in [2.05, 4.69) is 57.1 Å². The van der Waals surface area contributed by atoms with Crippen molar-refractivity contribution in [3.63, 3.8) is 0 Å². The fourth-order valence-electron chi connectivity index (χ4n) is 3.78. The van der Waals surface area contributed by atoms with Crippen LogP contribution in [0.1, 0.15) is 31.8 Å². The first-order valence-corrected chi connectivity index (χ1v) is 16.1. The van der Waals surface area contributed by atoms with Crippen molar-refractivity contribution in [2.45, 2.75) is 13.8 Å². The molecule has 0 fully saturated rings. The maximum absolute atomic E-state index is 12.7. The fourth-order valence-corrected chi connectivity index (χ4v) is 5.55. The molecule has 15 heteroatoms. The number of nitrogens with one attached hydrogen (secondary N) is 1. The molecule has 0 amide bonds. The summed E-state index contributed by atoms with van der Waals surface area (Å²) in [5.41, 5.74) is 5.51. The maximum atomic E-state index is 12.7. The Bertz CT molecular complexity index is 1870. The molecule has 1 N–H and O–H groups in total. The first-order chi connectivity index (χ1) is 21.0. The van der Waals surface area contributed by atoms with Gasteiger partial charge in [-0.1, -0.05) is 47.5 Å². The molecule has 0 aliphatic rings. The van der Waals surface area contributed by atoms with Gasteiger partial charge in [-0.05, 0) is 105 Å². The summed E-state index contributed by atoms with van der Waals surface area (Å²) in [5.74, 6) is -0.267. The third kappa shape index (κ3) is 9.00. The number of hydrogen-bond donors (Lipinski definition) is 1. The average molecular weight is 823 g/mol. The smallest absolute Gasteiger partial charge is 0.276 e. The van der Waals surface area contributed by atoms with Crippen LogP contribution in [-0.2, 0) is 0 Å². The van der Waals surface area contributed by atoms with Gasteiger partial charge in [0.25, 0.3) is 11.1 Å². The Hall–Kier alpha value is -2.57. The van der Waals surface area contributed by atoms with E-state index in [0.29, 0.717) is 36.8 Å². The van der Waals surface area contributed by atoms with Gasteiger partial charge in [-0.2, -0.15) is 14.9 Å². The number of fused-ring (bicyclic) bond motifs is 2. The van der Waals surface area contributed by atoms with Crippen LogP contribution < -0.4 is 0 Å². The quantitative estimate of drug-likeness (QED) is 0.138. The molecule has 0 atom stereocenters. The molecule has 0 unspecified atom stereocenters. The van der Waals surface area contributed by atoms with Gasteiger partial charge in [0.1, 0.15) is 21.2 Å². The van der Waals surface area contributed by atoms with E-state index >= 15 is 0 Å². The Balaban J connectivity index is 0.000000187. The van der Waals surface area contributed by atoms with Crippen molar-refractivity contribution in [1.29, 1.82) is 0 Å². The van der Waals surface area contributed by atoms with Gasteiger partial charge in [-0.3, -0.25) is 24.7 Å². The number of aromatic nitrogens is 6. The highest BCUT2D eigenvalue weighted by Gasteiger charge is 2.20. The van der Waals surface area contributed by atoms with Crippen molar-refractivity contribution >= 4 is 123 Å². The summed E-state index contributed by atoms with van der Waals surface area (Å²) in [6.45, 7) is 3.64. The summed E-state index contributed by atoms with van der Waals surface area (Å²) in [4.78, 5) is 31.8. The number of nitrogens with zero attached hydrogens (tertiary/aromatic N) is 5. The van der Waals surface area contributed by atoms with Crippen molar-refractivity contribution in [2.75, 3.05) is 5.34 Å². The average Bonchev–Trinajstić information content (AvgIpc) is 3.53. The number of halogens is 7. The molecular formula is C29H21Br2Cl5N6O2. The molecule has 0 aliphatic carbocycles. The largest absolute Gasteiger partial charge is 0.280 e. The normalized spacial score (nSPS) is 10.2. The standard InChI is InChI=1S/C14H9BrClN3O.C8H6Cl2O.C6H4BrN3.CH2Cl2/c1-8-4-2-5-9(16)11(8)14(20)19-10-6-3-7-17-12(10)13(15)18-19;1-5-3-2-4-6(9)7(5)8(10)11;7-6-5-4(9-10-6)2-1-3-8-5;2-1-3/h2-7H,1H3;2-4H,1H3;1-3H,(H,9,10);1H2. The lowest BCUT2D eigenvalue weighted by Crippen LogP contribution is -2.15. The SMILES string of the molecule is Brc1[nH]nc2cccnc12.Cc1cccc(Cl)c1C(=O)Cl.Cc1cccc(Cl)c1C(=O)n1nc(Br)c2ncccc21.ClCCl. The second-order valence-electron chi connectivity index (χ2n) is 8.53. The number of alkyl halides is 2. The van der Waals surface area contributed by atoms with Gasteiger partial charge in [0.15, 0.2) is 4.60 Å². The first-order valence-electron chi connectivity index (χ1n) is 12.3. The van der Waals surface area contributed by atoms with Gasteiger partial charge in [0, 0.05) is 12.4 Å². The Kier molecular flexibility index (Phi) is 14.0. The third-order valence-corrected chi connectivity index (χ3v) is 7.62. The van der Waals surface area contributed by atoms with Gasteiger partial charge in [-0.25, -0.2) is 0 Å². The molecular weight excluding hydrogens is 801 g/mol. The molecule has 0 bridgehead atoms. The van der Waals surface area contributed by atoms with E-state index in [9.17, 15) is 9.59 Å². The molecule has 2 aromatic carbocycles. The van der Waals surface area contributed by atoms with Crippen LogP contribution in [0.2, 0.25) is 10.0 Å². The Morgan fingerprint density at radius 2 is 1.36 bits per heavy atom. The lowest BCUT2D eigenvalue weighted by Gasteiger charge is -2.07. The molecule has 0 aliphatic heterocycles. The van der Waals surface area contributed by atoms with Crippen LogP contribution in [0.3, 0.4) is 0 Å². The lowest BCUT2D eigenvalue weighted by molar-refractivity contribution is 0.0949. The van der Waals surface area contributed by atoms with E-state index in [4.69, 9.17) is 58.0 Å². The van der Waals surface area contributed by atoms with Crippen LogP contribution in [0, 0.1) is 13.8 Å². The summed E-state index contributed by atoms with van der Waals surface area (Å²) in [5, 5.41) is 11.5. The molecule has 0 saturated carbocycles. The Morgan fingerprint density at radius 3 is 1.89 bits per heavy atom. The second-order valence-corrected chi connectivity index (χ2v) is 12.0. The summed E-state index contributed by atoms with van der Waals surface area (Å²) < 4.78 is 2.69. The first kappa shape index (κ1) is 35.9. The summed E-state index contributed by atoms with van der Waals surface area (Å²) >= 11 is 33.3. The van der Waals surface area contributed by atoms with Gasteiger partial charge in [-0.15, -0.1) is 23.2 Å². The van der Waals surface area contributed by atoms with Crippen molar-refractivity contribution in [1.82, 2.24) is 29.9 Å². The van der Waals surface area contributed by atoms with E-state index in [1.54, 1.807) is 55.7 Å². The van der Waals surface area contributed by atoms with Gasteiger partial charge in [0.2, 0.25) is 0 Å². The van der Waals surface area contributed by atoms with Crippen molar-refractivity contribution in [2.24, 2.45) is 0 Å². The predicted octanol–water partition coefficient (Wildman–Crippen LogP) is 10.0. The van der Waals surface area contributed by atoms with Crippen LogP contribution in [0.25, 0.3) is 22.1 Å². The number of carbonyl (C=O) groups is 2. The highest BCUT2D eigenvalue weighted by molar-refractivity contribution is 9.10. The van der Waals surface area contributed by atoms with Crippen LogP contribution in [0.4, 0.5) is 0 Å². The highest BCUT2D eigenvalue weighted by atomic mass is 79.9. The van der Waals surface area contributed by atoms with Crippen LogP contribution in [0.5, 0.6) is 0 Å². The minimum Gasteiger partial charge on any atom is -0.276 e. The predicted molar refractivity (Wildman–Crippen MR) is 186 cm³/mol. The number of benzene rings is 2. The molecule has 6 aromatic rings. The monoisotopic (exact) mass is 818 g/mol. The van der Waals surface area contributed by atoms with Gasteiger partial charge in [0.05, 0.1) is 32.0 Å². The number of rotatable bonds is 2. The van der Waals surface area contributed by atoms with Crippen LogP contribution in [-0.4, -0.2) is 46.4 Å². The molecule has 6 rings (SSSR count). The van der Waals surface area contributed by atoms with E-state index < -0.39 is 5.24 Å². The van der Waals surface area contributed by atoms with Crippen molar-refractivity contribution in [3.8, 4) is 0 Å². The highest BCUT2D eigenvalue weighted by Crippen LogP contribution is 2.25. The summed E-state index contributed by atoms with van der Waals surface area (Å²) in [6.07, 6.45) is 3.40. The van der Waals surface area contributed by atoms with Crippen molar-refractivity contribution in [3.05, 3.63) is 115 Å². The minimum absolute atomic E-state index is 0.194. The molecule has 0 spiro atoms. The van der Waals surface area contributed by atoms with Gasteiger partial charge >= 0.3 is 0 Å². The molecule has 4 aromatic heterocycles. The zero-order valence-electron chi connectivity index (χ0n) is 22.8. The summed E-state index contributed by atoms with van der Waals surface area (Å²) in [7, 11) is 0. The minimum atomic E-state index is -0.506. The van der Waals surface area contributed by atoms with E-state index in [1.165, 1.54) is 4.68 Å². The number of hydrogen-bond acceptors (Lipinski definition) is 6. The molecule has 4 heterocycles. The number of carbonyl (C=O) groups excluding carboxylic acids is 2. The molecule has 8 nitrogen and oxygen atoms in total. The zero-order chi connectivity index (χ0) is 32.4. The number of aromatic amines is 1. The van der Waals surface area contributed by atoms with E-state index in [0.717, 1.165) is 26.8 Å². The van der Waals surface area contributed by atoms with Crippen LogP contribution >= 0.6 is 89.9 Å². The summed E-state index contributed by atoms with van der Waals surface area (Å²) in [6, 6.07) is 17.9. The molecule has 228 valence electrons. The lowest BCUT2D eigenvalue weighted by atomic mass is 10.1. The zero-order valence-corrected chi connectivity index (χ0v) is 29.8. The topological polar surface area (TPSA) is 106 Å². The molecule has 44 heavy (non-hydrogen) atoms. The Morgan fingerprint density at radius 1 is 0.818 bits per heavy atom. The maximum Gasteiger partial charge on any atom is 0.280 e. The Labute approximate surface area is 294 Å². The van der Waals surface area contributed by atoms with Gasteiger partial charge < -0.3 is 0 Å². The van der Waals surface area contributed by atoms with Crippen LogP contribution in [0.15, 0.2) is 82.3 Å². The number of aryl methyl sites for hydroxylation is 2. The number of pyridine rings is 2.